The summed E-state index contributed by atoms with van der Waals surface area (Å²) in [5.74, 6) is -0.571. The van der Waals surface area contributed by atoms with Crippen molar-refractivity contribution in [3.63, 3.8) is 0 Å². The lowest BCUT2D eigenvalue weighted by molar-refractivity contribution is 0.0984. The highest BCUT2D eigenvalue weighted by Gasteiger charge is 2.25. The van der Waals surface area contributed by atoms with Crippen LogP contribution in [0.15, 0.2) is 85.2 Å². The molecule has 0 aliphatic carbocycles. The van der Waals surface area contributed by atoms with E-state index in [1.54, 1.807) is 23.2 Å². The van der Waals surface area contributed by atoms with Crippen molar-refractivity contribution < 1.29 is 14.0 Å². The summed E-state index contributed by atoms with van der Waals surface area (Å²) in [5.41, 5.74) is 2.63. The maximum absolute atomic E-state index is 13.8. The highest BCUT2D eigenvalue weighted by molar-refractivity contribution is 6.08. The minimum Gasteiger partial charge on any atom is -0.338 e. The molecule has 0 fully saturated rings. The van der Waals surface area contributed by atoms with E-state index in [0.717, 1.165) is 16.9 Å². The summed E-state index contributed by atoms with van der Waals surface area (Å²) in [4.78, 5) is 36.0. The van der Waals surface area contributed by atoms with E-state index in [0.29, 0.717) is 17.9 Å². The van der Waals surface area contributed by atoms with Gasteiger partial charge < -0.3 is 15.5 Å². The summed E-state index contributed by atoms with van der Waals surface area (Å²) >= 11 is 0. The molecule has 4 aromatic rings. The van der Waals surface area contributed by atoms with Crippen LogP contribution in [0.1, 0.15) is 26.3 Å². The van der Waals surface area contributed by atoms with Gasteiger partial charge in [0.25, 0.3) is 11.8 Å². The maximum Gasteiger partial charge on any atom is 0.260 e. The lowest BCUT2D eigenvalue weighted by atomic mass is 10.1. The lowest BCUT2D eigenvalue weighted by Gasteiger charge is -2.22. The van der Waals surface area contributed by atoms with Crippen LogP contribution in [0, 0.1) is 5.82 Å². The zero-order chi connectivity index (χ0) is 22.8. The zero-order valence-corrected chi connectivity index (χ0v) is 17.3. The second-order valence-electron chi connectivity index (χ2n) is 7.41. The number of anilines is 4. The number of carbonyl (C=O) groups is 2. The molecule has 1 aliphatic heterocycles. The smallest absolute Gasteiger partial charge is 0.260 e. The highest BCUT2D eigenvalue weighted by Crippen LogP contribution is 2.35. The van der Waals surface area contributed by atoms with Crippen molar-refractivity contribution in [2.45, 2.75) is 6.54 Å². The molecule has 0 atom stereocenters. The third-order valence-corrected chi connectivity index (χ3v) is 5.28. The van der Waals surface area contributed by atoms with Crippen LogP contribution in [0.4, 0.5) is 27.4 Å². The van der Waals surface area contributed by atoms with Gasteiger partial charge >= 0.3 is 0 Å². The molecule has 33 heavy (non-hydrogen) atoms. The molecule has 0 saturated heterocycles. The Bertz CT molecular complexity index is 1360. The Labute approximate surface area is 188 Å². The monoisotopic (exact) mass is 439 g/mol. The van der Waals surface area contributed by atoms with Crippen molar-refractivity contribution in [1.29, 1.82) is 0 Å². The number of nitrogens with one attached hydrogen (secondary N) is 2. The van der Waals surface area contributed by atoms with Gasteiger partial charge in [-0.2, -0.15) is 0 Å². The van der Waals surface area contributed by atoms with Crippen LogP contribution in [-0.2, 0) is 6.54 Å². The first kappa shape index (κ1) is 20.3. The maximum atomic E-state index is 13.8. The van der Waals surface area contributed by atoms with Crippen LogP contribution in [0.25, 0.3) is 0 Å². The largest absolute Gasteiger partial charge is 0.338 e. The third kappa shape index (κ3) is 4.01. The molecular formula is C25H18FN5O2. The predicted octanol–water partition coefficient (Wildman–Crippen LogP) is 4.77. The van der Waals surface area contributed by atoms with Crippen molar-refractivity contribution >= 4 is 34.8 Å². The molecule has 0 unspecified atom stereocenters. The van der Waals surface area contributed by atoms with Gasteiger partial charge in [-0.05, 0) is 42.5 Å². The first-order valence-corrected chi connectivity index (χ1v) is 10.2. The van der Waals surface area contributed by atoms with Gasteiger partial charge in [-0.3, -0.25) is 9.59 Å². The molecule has 8 heteroatoms. The Morgan fingerprint density at radius 3 is 2.58 bits per heavy atom. The van der Waals surface area contributed by atoms with Gasteiger partial charge in [-0.25, -0.2) is 14.4 Å². The Kier molecular flexibility index (Phi) is 5.24. The van der Waals surface area contributed by atoms with E-state index < -0.39 is 11.7 Å². The summed E-state index contributed by atoms with van der Waals surface area (Å²) in [6.45, 7) is 0.331. The number of para-hydroxylation sites is 2. The molecule has 162 valence electrons. The molecular weight excluding hydrogens is 421 g/mol. The van der Waals surface area contributed by atoms with Crippen molar-refractivity contribution in [2.24, 2.45) is 0 Å². The summed E-state index contributed by atoms with van der Waals surface area (Å²) in [6.07, 6.45) is 3.09. The fourth-order valence-corrected chi connectivity index (χ4v) is 3.64. The van der Waals surface area contributed by atoms with Crippen LogP contribution in [-0.4, -0.2) is 21.8 Å². The quantitative estimate of drug-likeness (QED) is 0.480. The molecule has 2 N–H and O–H groups in total. The van der Waals surface area contributed by atoms with Crippen molar-refractivity contribution in [3.8, 4) is 0 Å². The van der Waals surface area contributed by atoms with Crippen LogP contribution in [0.3, 0.4) is 0 Å². The number of amides is 2. The molecule has 2 amide bonds. The number of halogens is 1. The zero-order valence-electron chi connectivity index (χ0n) is 17.3. The van der Waals surface area contributed by atoms with E-state index in [2.05, 4.69) is 20.6 Å². The van der Waals surface area contributed by atoms with Crippen LogP contribution < -0.4 is 15.5 Å². The number of hydrogen-bond acceptors (Lipinski definition) is 5. The van der Waals surface area contributed by atoms with E-state index >= 15 is 0 Å². The van der Waals surface area contributed by atoms with E-state index in [9.17, 15) is 14.0 Å². The average molecular weight is 439 g/mol. The Morgan fingerprint density at radius 2 is 1.76 bits per heavy atom. The second-order valence-corrected chi connectivity index (χ2v) is 7.41. The molecule has 0 bridgehead atoms. The molecule has 0 saturated carbocycles. The Morgan fingerprint density at radius 1 is 0.939 bits per heavy atom. The predicted molar refractivity (Wildman–Crippen MR) is 123 cm³/mol. The molecule has 1 aliphatic rings. The van der Waals surface area contributed by atoms with Gasteiger partial charge in [0.05, 0.1) is 29.0 Å². The van der Waals surface area contributed by atoms with E-state index in [1.807, 2.05) is 36.4 Å². The molecule has 7 nitrogen and oxygen atoms in total. The van der Waals surface area contributed by atoms with Crippen molar-refractivity contribution in [1.82, 2.24) is 9.97 Å². The first-order chi connectivity index (χ1) is 16.1. The number of benzene rings is 2. The highest BCUT2D eigenvalue weighted by atomic mass is 19.1. The van der Waals surface area contributed by atoms with Gasteiger partial charge in [0.15, 0.2) is 0 Å². The SMILES string of the molecule is O=C(Nc1ccc(C(=O)N2Cc3cccnc3Nc3ccccc32)cn1)c1ccccc1F. The number of aromatic nitrogens is 2. The minimum atomic E-state index is -0.620. The fraction of sp³-hybridized carbons (Fsp3) is 0.0400. The number of nitrogens with zero attached hydrogens (tertiary/aromatic N) is 3. The molecule has 5 rings (SSSR count). The van der Waals surface area contributed by atoms with Crippen molar-refractivity contribution in [3.05, 3.63) is 108 Å². The molecule has 3 heterocycles. The second kappa shape index (κ2) is 8.51. The van der Waals surface area contributed by atoms with E-state index in [4.69, 9.17) is 0 Å². The number of pyridine rings is 2. The number of rotatable bonds is 3. The summed E-state index contributed by atoms with van der Waals surface area (Å²) in [5, 5.41) is 5.84. The number of fused-ring (bicyclic) bond motifs is 2. The van der Waals surface area contributed by atoms with Gasteiger partial charge in [0.2, 0.25) is 0 Å². The Hall–Kier alpha value is -4.59. The normalized spacial score (nSPS) is 12.1. The van der Waals surface area contributed by atoms with Gasteiger partial charge in [0.1, 0.15) is 17.5 Å². The Balaban J connectivity index is 1.40. The minimum absolute atomic E-state index is 0.0830. The lowest BCUT2D eigenvalue weighted by Crippen LogP contribution is -2.30. The molecule has 0 radical (unpaired) electrons. The number of carbonyl (C=O) groups excluding carboxylic acids is 2. The summed E-state index contributed by atoms with van der Waals surface area (Å²) in [7, 11) is 0. The van der Waals surface area contributed by atoms with Gasteiger partial charge in [-0.15, -0.1) is 0 Å². The van der Waals surface area contributed by atoms with Crippen LogP contribution in [0.2, 0.25) is 0 Å². The third-order valence-electron chi connectivity index (χ3n) is 5.28. The molecule has 2 aromatic carbocycles. The van der Waals surface area contributed by atoms with Gasteiger partial charge in [0, 0.05) is 18.0 Å². The summed E-state index contributed by atoms with van der Waals surface area (Å²) < 4.78 is 13.8. The van der Waals surface area contributed by atoms with Crippen LogP contribution in [0.5, 0.6) is 0 Å². The topological polar surface area (TPSA) is 87.2 Å². The first-order valence-electron chi connectivity index (χ1n) is 10.2. The van der Waals surface area contributed by atoms with E-state index in [1.165, 1.54) is 30.5 Å². The van der Waals surface area contributed by atoms with Gasteiger partial charge in [-0.1, -0.05) is 30.3 Å². The van der Waals surface area contributed by atoms with Crippen LogP contribution >= 0.6 is 0 Å². The number of hydrogen-bond donors (Lipinski definition) is 2. The molecule has 2 aromatic heterocycles. The van der Waals surface area contributed by atoms with Crippen molar-refractivity contribution in [2.75, 3.05) is 15.5 Å². The standard InChI is InChI=1S/C25H18FN5O2/c26-19-8-2-1-7-18(19)24(32)30-22-12-11-16(14-28-22)25(33)31-15-17-6-5-13-27-23(17)29-20-9-3-4-10-21(20)31/h1-14H,15H2,(H,27,29)(H,28,30,32). The fourth-order valence-electron chi connectivity index (χ4n) is 3.64. The molecule has 0 spiro atoms. The van der Waals surface area contributed by atoms with E-state index in [-0.39, 0.29) is 17.3 Å². The summed E-state index contributed by atoms with van der Waals surface area (Å²) in [6, 6.07) is 20.0. The average Bonchev–Trinajstić information content (AvgIpc) is 3.01.